The number of hydrogen-bond donors (Lipinski definition) is 6. The first kappa shape index (κ1) is 29.3. The van der Waals surface area contributed by atoms with Gasteiger partial charge in [-0.2, -0.15) is 0 Å². The number of carbonyl (C=O) groups excluding carboxylic acids is 1. The van der Waals surface area contributed by atoms with Crippen molar-refractivity contribution >= 4 is 5.78 Å². The van der Waals surface area contributed by atoms with Crippen LogP contribution in [0.4, 0.5) is 0 Å². The number of Topliss-reactive ketones (excluding diaryl/α,β-unsaturated/α-hetero) is 1. The van der Waals surface area contributed by atoms with Gasteiger partial charge in [0.2, 0.25) is 5.78 Å². The summed E-state index contributed by atoms with van der Waals surface area (Å²) >= 11 is 0. The summed E-state index contributed by atoms with van der Waals surface area (Å²) in [6, 6.07) is 0. The smallest absolute Gasteiger partial charge is 0.203 e. The molecule has 6 N–H and O–H groups in total. The second-order valence-electron chi connectivity index (χ2n) is 12.4. The van der Waals surface area contributed by atoms with Crippen LogP contribution < -0.4 is 0 Å². The Morgan fingerprint density at radius 1 is 1.00 bits per heavy atom. The zero-order chi connectivity index (χ0) is 28.7. The minimum Gasteiger partial charge on any atom is -0.493 e. The Bertz CT molecular complexity index is 984. The zero-order valence-electron chi connectivity index (χ0n) is 23.0. The van der Waals surface area contributed by atoms with Gasteiger partial charge in [0.25, 0.3) is 0 Å². The maximum Gasteiger partial charge on any atom is 0.203 e. The largest absolute Gasteiger partial charge is 0.493 e. The van der Waals surface area contributed by atoms with E-state index in [4.69, 9.17) is 23.7 Å². The maximum atomic E-state index is 13.8. The molecule has 2 saturated carbocycles. The third-order valence-corrected chi connectivity index (χ3v) is 10.7. The Hall–Kier alpha value is -1.19. The summed E-state index contributed by atoms with van der Waals surface area (Å²) in [7, 11) is 2.86. The number of aliphatic hydroxyl groups excluding tert-OH is 5. The van der Waals surface area contributed by atoms with Crippen molar-refractivity contribution in [3.05, 3.63) is 11.8 Å². The van der Waals surface area contributed by atoms with Crippen molar-refractivity contribution in [1.82, 2.24) is 0 Å². The quantitative estimate of drug-likeness (QED) is 0.238. The Labute approximate surface area is 227 Å². The monoisotopic (exact) mass is 558 g/mol. The van der Waals surface area contributed by atoms with Gasteiger partial charge >= 0.3 is 0 Å². The number of hydrogen-bond acceptors (Lipinski definition) is 12. The molecule has 5 aliphatic rings. The molecule has 39 heavy (non-hydrogen) atoms. The molecule has 0 aromatic heterocycles. The summed E-state index contributed by atoms with van der Waals surface area (Å²) in [5.41, 5.74) is -3.45. The first-order valence-corrected chi connectivity index (χ1v) is 13.6. The van der Waals surface area contributed by atoms with E-state index in [0.717, 1.165) is 0 Å². The van der Waals surface area contributed by atoms with Crippen LogP contribution >= 0.6 is 0 Å². The SMILES string of the molecule is COC1=CC[C@@H]2C[C@H]3O[C@@H](O[C@@H]4O[C@H](CO)[C@@H](O)[C@H](O)[C@H]4O)C[C@H]4[C@](C)(O)[C@H](OC)[C@@H](O)[C@H]([C@@]2(C)C1=O)[C@@]34C. The van der Waals surface area contributed by atoms with Gasteiger partial charge in [-0.3, -0.25) is 4.79 Å². The van der Waals surface area contributed by atoms with Crippen molar-refractivity contribution in [3.63, 3.8) is 0 Å². The molecular weight excluding hydrogens is 516 g/mol. The van der Waals surface area contributed by atoms with Gasteiger partial charge in [0, 0.05) is 36.2 Å². The molecule has 5 rings (SSSR count). The predicted molar refractivity (Wildman–Crippen MR) is 132 cm³/mol. The molecule has 0 radical (unpaired) electrons. The molecule has 0 amide bonds. The molecule has 222 valence electrons. The third kappa shape index (κ3) is 3.98. The van der Waals surface area contributed by atoms with Gasteiger partial charge in [0.1, 0.15) is 30.5 Å². The van der Waals surface area contributed by atoms with Gasteiger partial charge in [-0.15, -0.1) is 0 Å². The Balaban J connectivity index is 1.53. The van der Waals surface area contributed by atoms with Crippen molar-refractivity contribution in [2.45, 2.75) is 101 Å². The van der Waals surface area contributed by atoms with E-state index in [1.54, 1.807) is 13.0 Å². The normalized spacial score (nSPS) is 55.4. The van der Waals surface area contributed by atoms with Crippen LogP contribution in [0.1, 0.15) is 40.0 Å². The van der Waals surface area contributed by atoms with Gasteiger partial charge in [0.15, 0.2) is 18.3 Å². The van der Waals surface area contributed by atoms with Crippen LogP contribution in [0, 0.1) is 28.6 Å². The van der Waals surface area contributed by atoms with E-state index in [2.05, 4.69) is 0 Å². The van der Waals surface area contributed by atoms with E-state index < -0.39 is 90.2 Å². The molecule has 12 heteroatoms. The summed E-state index contributed by atoms with van der Waals surface area (Å²) in [6.07, 6.45) is -8.28. The molecule has 0 aromatic carbocycles. The topological polar surface area (TPSA) is 185 Å². The molecule has 15 atom stereocenters. The number of allylic oxidation sites excluding steroid dienone is 2. The van der Waals surface area contributed by atoms with E-state index >= 15 is 0 Å². The lowest BCUT2D eigenvalue weighted by Crippen LogP contribution is -2.78. The highest BCUT2D eigenvalue weighted by molar-refractivity contribution is 5.99. The van der Waals surface area contributed by atoms with Crippen molar-refractivity contribution in [1.29, 1.82) is 0 Å². The molecule has 0 spiro atoms. The molecule has 2 saturated heterocycles. The van der Waals surface area contributed by atoms with Crippen molar-refractivity contribution in [3.8, 4) is 0 Å². The second kappa shape index (κ2) is 9.97. The lowest BCUT2D eigenvalue weighted by Gasteiger charge is -2.70. The van der Waals surface area contributed by atoms with E-state index in [9.17, 15) is 35.4 Å². The highest BCUT2D eigenvalue weighted by atomic mass is 16.8. The summed E-state index contributed by atoms with van der Waals surface area (Å²) in [5, 5.41) is 64.1. The van der Waals surface area contributed by atoms with Gasteiger partial charge in [0.05, 0.1) is 31.5 Å². The van der Waals surface area contributed by atoms with Crippen molar-refractivity contribution < 1.29 is 59.1 Å². The molecule has 2 aliphatic heterocycles. The van der Waals surface area contributed by atoms with Gasteiger partial charge in [-0.1, -0.05) is 13.8 Å². The number of rotatable bonds is 5. The second-order valence-corrected chi connectivity index (χ2v) is 12.4. The summed E-state index contributed by atoms with van der Waals surface area (Å²) in [6.45, 7) is 4.79. The molecule has 0 unspecified atom stereocenters. The highest BCUT2D eigenvalue weighted by Crippen LogP contribution is 2.68. The Kier molecular flexibility index (Phi) is 7.49. The van der Waals surface area contributed by atoms with Crippen LogP contribution in [-0.2, 0) is 28.5 Å². The van der Waals surface area contributed by atoms with Gasteiger partial charge in [-0.05, 0) is 31.8 Å². The number of ketones is 1. The van der Waals surface area contributed by atoms with E-state index in [0.29, 0.717) is 12.8 Å². The third-order valence-electron chi connectivity index (χ3n) is 10.7. The van der Waals surface area contributed by atoms with E-state index in [1.807, 2.05) is 13.8 Å². The van der Waals surface area contributed by atoms with Crippen LogP contribution in [0.2, 0.25) is 0 Å². The summed E-state index contributed by atoms with van der Waals surface area (Å²) < 4.78 is 29.1. The molecule has 0 bridgehead atoms. The molecule has 12 nitrogen and oxygen atoms in total. The van der Waals surface area contributed by atoms with Gasteiger partial charge < -0.3 is 54.3 Å². The van der Waals surface area contributed by atoms with E-state index in [-0.39, 0.29) is 23.9 Å². The maximum absolute atomic E-state index is 13.8. The summed E-state index contributed by atoms with van der Waals surface area (Å²) in [5.74, 6) is -1.37. The highest BCUT2D eigenvalue weighted by Gasteiger charge is 2.75. The molecule has 4 fully saturated rings. The Morgan fingerprint density at radius 3 is 2.31 bits per heavy atom. The fourth-order valence-electron chi connectivity index (χ4n) is 8.74. The number of aliphatic hydroxyl groups is 6. The van der Waals surface area contributed by atoms with Gasteiger partial charge in [-0.25, -0.2) is 0 Å². The molecular formula is C27H42O12. The minimum absolute atomic E-state index is 0.0972. The summed E-state index contributed by atoms with van der Waals surface area (Å²) in [4.78, 5) is 13.8. The lowest BCUT2D eigenvalue weighted by molar-refractivity contribution is -0.391. The van der Waals surface area contributed by atoms with Crippen LogP contribution in [-0.4, -0.2) is 118 Å². The van der Waals surface area contributed by atoms with Crippen LogP contribution in [0.15, 0.2) is 11.8 Å². The fraction of sp³-hybridized carbons (Fsp3) is 0.889. The first-order valence-electron chi connectivity index (χ1n) is 13.6. The van der Waals surface area contributed by atoms with Crippen LogP contribution in [0.3, 0.4) is 0 Å². The van der Waals surface area contributed by atoms with Crippen LogP contribution in [0.25, 0.3) is 0 Å². The zero-order valence-corrected chi connectivity index (χ0v) is 23.0. The van der Waals surface area contributed by atoms with Crippen molar-refractivity contribution in [2.24, 2.45) is 28.6 Å². The average molecular weight is 559 g/mol. The lowest BCUT2D eigenvalue weighted by atomic mass is 9.38. The van der Waals surface area contributed by atoms with Crippen molar-refractivity contribution in [2.75, 3.05) is 20.8 Å². The van der Waals surface area contributed by atoms with Crippen LogP contribution in [0.5, 0.6) is 0 Å². The predicted octanol–water partition coefficient (Wildman–Crippen LogP) is -1.17. The molecule has 3 aliphatic carbocycles. The minimum atomic E-state index is -1.62. The van der Waals surface area contributed by atoms with E-state index in [1.165, 1.54) is 14.2 Å². The first-order chi connectivity index (χ1) is 18.3. The average Bonchev–Trinajstić information content (AvgIpc) is 2.88. The Morgan fingerprint density at radius 2 is 1.69 bits per heavy atom. The molecule has 2 heterocycles. The number of carbonyl (C=O) groups is 1. The molecule has 0 aromatic rings. The fourth-order valence-corrected chi connectivity index (χ4v) is 8.74. The number of fused-ring (bicyclic) bond motifs is 2. The number of ether oxygens (including phenoxy) is 5. The standard InChI is InChI=1S/C27H42O12/c1-25-11(6-7-12(35-4)22(25)33)8-15-26(2)14(27(3,34)23(36-5)20(32)21(25)26)9-16(38-15)39-24-19(31)18(30)17(29)13(10-28)37-24/h7,11,13-21,23-24,28-32,34H,6,8-10H2,1-5H3/t11-,13-,14-,15-,16+,17-,18+,19-,20+,21-,23-,24+,25+,26-,27+/m1/s1. The number of methoxy groups -OCH3 is 2.